The number of carbonyl (C=O) groups is 1. The zero-order valence-corrected chi connectivity index (χ0v) is 18.5. The molecule has 3 aromatic rings. The van der Waals surface area contributed by atoms with E-state index in [-0.39, 0.29) is 21.4 Å². The fourth-order valence-electron chi connectivity index (χ4n) is 3.35. The molecule has 1 amide bonds. The first kappa shape index (κ1) is 22.7. The zero-order chi connectivity index (χ0) is 22.9. The summed E-state index contributed by atoms with van der Waals surface area (Å²) in [6.07, 6.45) is 0. The summed E-state index contributed by atoms with van der Waals surface area (Å²) in [5, 5.41) is 6.12. The lowest BCUT2D eigenvalue weighted by Crippen LogP contribution is -2.34. The lowest BCUT2D eigenvalue weighted by Gasteiger charge is -2.24. The van der Waals surface area contributed by atoms with Gasteiger partial charge in [0.25, 0.3) is 0 Å². The quantitative estimate of drug-likeness (QED) is 0.489. The van der Waals surface area contributed by atoms with Gasteiger partial charge in [-0.05, 0) is 48.7 Å². The van der Waals surface area contributed by atoms with E-state index < -0.39 is 33.6 Å². The number of rotatable bonds is 7. The number of hydrogen-bond donors (Lipinski definition) is 3. The first-order valence-corrected chi connectivity index (χ1v) is 11.1. The number of benzene rings is 2. The molecule has 0 aliphatic heterocycles. The highest BCUT2D eigenvalue weighted by Gasteiger charge is 2.33. The van der Waals surface area contributed by atoms with Gasteiger partial charge in [-0.2, -0.15) is 4.72 Å². The lowest BCUT2D eigenvalue weighted by atomic mass is 9.88. The molecule has 0 bridgehead atoms. The molecule has 11 heteroatoms. The van der Waals surface area contributed by atoms with Crippen LogP contribution in [0.1, 0.15) is 51.8 Å². The van der Waals surface area contributed by atoms with E-state index in [0.29, 0.717) is 0 Å². The predicted molar refractivity (Wildman–Crippen MR) is 114 cm³/mol. The Labute approximate surface area is 183 Å². The van der Waals surface area contributed by atoms with Crippen LogP contribution in [0.3, 0.4) is 0 Å². The summed E-state index contributed by atoms with van der Waals surface area (Å²) in [4.78, 5) is 23.0. The van der Waals surface area contributed by atoms with Gasteiger partial charge in [-0.3, -0.25) is 4.79 Å². The largest absolute Gasteiger partial charge is 0.434 e. The first-order chi connectivity index (χ1) is 14.5. The SMILES string of the molecule is Cc1cccc(C(C)C(NS(=O)(=O)c2ccc(Cl)cc2C(N)=O)c2n[nH]c(=O)o2)c1C. The first-order valence-electron chi connectivity index (χ1n) is 9.24. The van der Waals surface area contributed by atoms with E-state index in [1.165, 1.54) is 18.2 Å². The molecule has 9 nitrogen and oxygen atoms in total. The third-order valence-corrected chi connectivity index (χ3v) is 6.87. The van der Waals surface area contributed by atoms with Crippen LogP contribution in [0.2, 0.25) is 5.02 Å². The number of sulfonamides is 1. The Morgan fingerprint density at radius 3 is 2.58 bits per heavy atom. The van der Waals surface area contributed by atoms with Gasteiger partial charge in [0.1, 0.15) is 6.04 Å². The summed E-state index contributed by atoms with van der Waals surface area (Å²) in [5.74, 6) is -2.40. The van der Waals surface area contributed by atoms with E-state index in [1.807, 2.05) is 32.0 Å². The van der Waals surface area contributed by atoms with Crippen LogP contribution in [-0.4, -0.2) is 24.5 Å². The predicted octanol–water partition coefficient (Wildman–Crippen LogP) is 2.56. The normalized spacial score (nSPS) is 13.7. The second-order valence-corrected chi connectivity index (χ2v) is 9.25. The number of carbonyl (C=O) groups excluding carboxylic acids is 1. The highest BCUT2D eigenvalue weighted by Crippen LogP contribution is 2.34. The fourth-order valence-corrected chi connectivity index (χ4v) is 4.98. The number of halogens is 1. The zero-order valence-electron chi connectivity index (χ0n) is 17.0. The van der Waals surface area contributed by atoms with E-state index in [0.717, 1.165) is 16.7 Å². The van der Waals surface area contributed by atoms with Crippen LogP contribution < -0.4 is 16.2 Å². The molecule has 0 spiro atoms. The summed E-state index contributed by atoms with van der Waals surface area (Å²) >= 11 is 5.89. The Hall–Kier alpha value is -2.95. The van der Waals surface area contributed by atoms with E-state index >= 15 is 0 Å². The molecule has 0 aliphatic carbocycles. The van der Waals surface area contributed by atoms with Gasteiger partial charge >= 0.3 is 5.76 Å². The van der Waals surface area contributed by atoms with Crippen LogP contribution in [-0.2, 0) is 10.0 Å². The standard InChI is InChI=1S/C20H21ClN4O5S/c1-10-5-4-6-14(11(10)2)12(3)17(19-23-24-20(27)30-19)25-31(28,29)16-8-7-13(21)9-15(16)18(22)26/h4-9,12,17,25H,1-3H3,(H2,22,26)(H,24,27). The molecule has 0 saturated heterocycles. The topological polar surface area (TPSA) is 148 Å². The van der Waals surface area contributed by atoms with Crippen LogP contribution in [0.15, 0.2) is 50.5 Å². The van der Waals surface area contributed by atoms with Crippen molar-refractivity contribution in [2.75, 3.05) is 0 Å². The van der Waals surface area contributed by atoms with Gasteiger partial charge in [0, 0.05) is 10.9 Å². The van der Waals surface area contributed by atoms with Gasteiger partial charge in [0.15, 0.2) is 0 Å². The summed E-state index contributed by atoms with van der Waals surface area (Å²) in [5.41, 5.74) is 7.90. The molecular weight excluding hydrogens is 444 g/mol. The van der Waals surface area contributed by atoms with Crippen molar-refractivity contribution in [3.8, 4) is 0 Å². The molecular formula is C20H21ClN4O5S. The van der Waals surface area contributed by atoms with Gasteiger partial charge in [0.05, 0.1) is 10.5 Å². The van der Waals surface area contributed by atoms with Crippen LogP contribution in [0.25, 0.3) is 0 Å². The minimum Gasteiger partial charge on any atom is -0.391 e. The van der Waals surface area contributed by atoms with Gasteiger partial charge in [-0.1, -0.05) is 36.7 Å². The lowest BCUT2D eigenvalue weighted by molar-refractivity contribution is 0.0997. The van der Waals surface area contributed by atoms with Crippen LogP contribution in [0.4, 0.5) is 0 Å². The number of primary amides is 1. The molecule has 0 radical (unpaired) electrons. The minimum absolute atomic E-state index is 0.142. The Bertz CT molecular complexity index is 1300. The second kappa shape index (κ2) is 8.66. The maximum Gasteiger partial charge on any atom is 0.434 e. The molecule has 2 aromatic carbocycles. The van der Waals surface area contributed by atoms with Gasteiger partial charge in [-0.15, -0.1) is 5.10 Å². The molecule has 0 saturated carbocycles. The van der Waals surface area contributed by atoms with Crippen molar-refractivity contribution in [1.82, 2.24) is 14.9 Å². The van der Waals surface area contributed by atoms with Crippen LogP contribution in [0.5, 0.6) is 0 Å². The highest BCUT2D eigenvalue weighted by atomic mass is 35.5. The van der Waals surface area contributed by atoms with Crippen LogP contribution in [0, 0.1) is 13.8 Å². The van der Waals surface area contributed by atoms with E-state index in [2.05, 4.69) is 14.9 Å². The average molecular weight is 465 g/mol. The molecule has 1 heterocycles. The number of H-pyrrole nitrogens is 1. The minimum atomic E-state index is -4.29. The number of hydrogen-bond acceptors (Lipinski definition) is 6. The number of aromatic amines is 1. The molecule has 31 heavy (non-hydrogen) atoms. The van der Waals surface area contributed by atoms with E-state index in [1.54, 1.807) is 6.92 Å². The molecule has 0 aliphatic rings. The van der Waals surface area contributed by atoms with Crippen molar-refractivity contribution in [2.24, 2.45) is 5.73 Å². The van der Waals surface area contributed by atoms with Crippen molar-refractivity contribution in [1.29, 1.82) is 0 Å². The Morgan fingerprint density at radius 2 is 1.97 bits per heavy atom. The van der Waals surface area contributed by atoms with Crippen molar-refractivity contribution in [3.05, 3.63) is 80.1 Å². The van der Waals surface area contributed by atoms with Gasteiger partial charge < -0.3 is 10.2 Å². The number of aromatic nitrogens is 2. The number of aryl methyl sites for hydroxylation is 1. The molecule has 164 valence electrons. The molecule has 2 unspecified atom stereocenters. The van der Waals surface area contributed by atoms with Gasteiger partial charge in [-0.25, -0.2) is 18.3 Å². The number of nitrogens with two attached hydrogens (primary N) is 1. The number of nitrogens with one attached hydrogen (secondary N) is 2. The Balaban J connectivity index is 2.11. The number of amides is 1. The monoisotopic (exact) mass is 464 g/mol. The summed E-state index contributed by atoms with van der Waals surface area (Å²) < 4.78 is 34.0. The highest BCUT2D eigenvalue weighted by molar-refractivity contribution is 7.89. The summed E-state index contributed by atoms with van der Waals surface area (Å²) in [6.45, 7) is 5.63. The van der Waals surface area contributed by atoms with Gasteiger partial charge in [0.2, 0.25) is 21.8 Å². The fraction of sp³-hybridized carbons (Fsp3) is 0.250. The summed E-state index contributed by atoms with van der Waals surface area (Å²) in [6, 6.07) is 8.29. The number of nitrogens with zero attached hydrogens (tertiary/aromatic N) is 1. The van der Waals surface area contributed by atoms with Crippen molar-refractivity contribution >= 4 is 27.5 Å². The van der Waals surface area contributed by atoms with Crippen molar-refractivity contribution in [3.63, 3.8) is 0 Å². The third-order valence-electron chi connectivity index (χ3n) is 5.14. The maximum absolute atomic E-state index is 13.2. The smallest absolute Gasteiger partial charge is 0.391 e. The van der Waals surface area contributed by atoms with E-state index in [9.17, 15) is 18.0 Å². The molecule has 0 fully saturated rings. The maximum atomic E-state index is 13.2. The third kappa shape index (κ3) is 4.71. The Kier molecular flexibility index (Phi) is 6.35. The molecule has 2 atom stereocenters. The molecule has 3 rings (SSSR count). The van der Waals surface area contributed by atoms with E-state index in [4.69, 9.17) is 21.8 Å². The summed E-state index contributed by atoms with van der Waals surface area (Å²) in [7, 11) is -4.29. The second-order valence-electron chi connectivity index (χ2n) is 7.13. The molecule has 4 N–H and O–H groups in total. The van der Waals surface area contributed by atoms with Crippen molar-refractivity contribution < 1.29 is 17.6 Å². The van der Waals surface area contributed by atoms with Crippen molar-refractivity contribution in [2.45, 2.75) is 37.6 Å². The average Bonchev–Trinajstić information content (AvgIpc) is 3.13. The Morgan fingerprint density at radius 1 is 1.26 bits per heavy atom. The molecule has 1 aromatic heterocycles. The van der Waals surface area contributed by atoms with Crippen LogP contribution >= 0.6 is 11.6 Å².